The summed E-state index contributed by atoms with van der Waals surface area (Å²) in [6, 6.07) is 8.72. The molecule has 0 N–H and O–H groups in total. The molecule has 1 heterocycles. The Hall–Kier alpha value is -1.50. The van der Waals surface area contributed by atoms with Gasteiger partial charge in [-0.2, -0.15) is 0 Å². The molecule has 0 spiro atoms. The van der Waals surface area contributed by atoms with Crippen LogP contribution in [0, 0.1) is 0 Å². The van der Waals surface area contributed by atoms with Crippen molar-refractivity contribution in [1.29, 1.82) is 0 Å². The van der Waals surface area contributed by atoms with E-state index in [1.165, 1.54) is 17.7 Å². The van der Waals surface area contributed by atoms with Crippen molar-refractivity contribution in [3.63, 3.8) is 0 Å². The highest BCUT2D eigenvalue weighted by Crippen LogP contribution is 2.38. The van der Waals surface area contributed by atoms with Gasteiger partial charge in [-0.05, 0) is 24.5 Å². The molecule has 1 atom stereocenters. The third kappa shape index (κ3) is 2.04. The fourth-order valence-corrected chi connectivity index (χ4v) is 2.48. The lowest BCUT2D eigenvalue weighted by atomic mass is 9.96. The summed E-state index contributed by atoms with van der Waals surface area (Å²) in [6.07, 6.45) is 6.29. The standard InChI is InChI=1S/C15H19N/c1-3-5-8-13-12-16(11-4-2)15-10-7-6-9-14(13)15/h3-4,6-7,9-10,13H,1-2,5,8,11-12H2. The average molecular weight is 213 g/mol. The Labute approximate surface area is 98.1 Å². The zero-order valence-electron chi connectivity index (χ0n) is 9.73. The summed E-state index contributed by atoms with van der Waals surface area (Å²) in [5.74, 6) is 0.661. The van der Waals surface area contributed by atoms with Crippen LogP contribution < -0.4 is 4.90 Å². The quantitative estimate of drug-likeness (QED) is 0.673. The number of para-hydroxylation sites is 1. The van der Waals surface area contributed by atoms with Crippen molar-refractivity contribution in [1.82, 2.24) is 0 Å². The first-order chi connectivity index (χ1) is 7.86. The molecule has 0 fully saturated rings. The van der Waals surface area contributed by atoms with E-state index in [4.69, 9.17) is 0 Å². The summed E-state index contributed by atoms with van der Waals surface area (Å²) >= 11 is 0. The lowest BCUT2D eigenvalue weighted by Gasteiger charge is -2.17. The van der Waals surface area contributed by atoms with E-state index in [-0.39, 0.29) is 0 Å². The molecule has 0 aliphatic carbocycles. The molecule has 1 aliphatic heterocycles. The highest BCUT2D eigenvalue weighted by molar-refractivity contribution is 5.60. The Kier molecular flexibility index (Phi) is 3.45. The van der Waals surface area contributed by atoms with Gasteiger partial charge in [-0.1, -0.05) is 30.4 Å². The summed E-state index contributed by atoms with van der Waals surface area (Å²) in [5, 5.41) is 0. The summed E-state index contributed by atoms with van der Waals surface area (Å²) in [5.41, 5.74) is 2.88. The summed E-state index contributed by atoms with van der Waals surface area (Å²) in [4.78, 5) is 2.41. The molecule has 0 bridgehead atoms. The highest BCUT2D eigenvalue weighted by Gasteiger charge is 2.26. The number of rotatable bonds is 5. The van der Waals surface area contributed by atoms with Crippen molar-refractivity contribution < 1.29 is 0 Å². The molecule has 0 radical (unpaired) electrons. The molecule has 0 saturated heterocycles. The monoisotopic (exact) mass is 213 g/mol. The Morgan fingerprint density at radius 1 is 1.25 bits per heavy atom. The minimum atomic E-state index is 0.661. The third-order valence-corrected chi connectivity index (χ3v) is 3.23. The second kappa shape index (κ2) is 5.02. The molecule has 0 aromatic heterocycles. The number of nitrogens with zero attached hydrogens (tertiary/aromatic N) is 1. The maximum absolute atomic E-state index is 3.83. The van der Waals surface area contributed by atoms with Gasteiger partial charge in [0.1, 0.15) is 0 Å². The van der Waals surface area contributed by atoms with Gasteiger partial charge >= 0.3 is 0 Å². The van der Waals surface area contributed by atoms with Crippen molar-refractivity contribution in [3.05, 3.63) is 55.1 Å². The summed E-state index contributed by atoms with van der Waals surface area (Å²) < 4.78 is 0. The molecule has 1 heteroatoms. The van der Waals surface area contributed by atoms with Crippen molar-refractivity contribution in [2.24, 2.45) is 0 Å². The third-order valence-electron chi connectivity index (χ3n) is 3.23. The maximum atomic E-state index is 3.83. The van der Waals surface area contributed by atoms with Gasteiger partial charge in [-0.15, -0.1) is 13.2 Å². The number of hydrogen-bond donors (Lipinski definition) is 0. The SMILES string of the molecule is C=CCCC1CN(CC=C)c2ccccc21. The number of hydrogen-bond acceptors (Lipinski definition) is 1. The topological polar surface area (TPSA) is 3.24 Å². The summed E-state index contributed by atoms with van der Waals surface area (Å²) in [7, 11) is 0. The van der Waals surface area contributed by atoms with E-state index in [1.54, 1.807) is 0 Å². The highest BCUT2D eigenvalue weighted by atomic mass is 15.1. The number of benzene rings is 1. The molecule has 1 aromatic carbocycles. The second-order valence-electron chi connectivity index (χ2n) is 4.32. The van der Waals surface area contributed by atoms with Crippen LogP contribution in [0.1, 0.15) is 24.3 Å². The molecule has 1 nitrogen and oxygen atoms in total. The van der Waals surface area contributed by atoms with Crippen molar-refractivity contribution >= 4 is 5.69 Å². The van der Waals surface area contributed by atoms with Gasteiger partial charge in [-0.3, -0.25) is 0 Å². The predicted octanol–water partition coefficient (Wildman–Crippen LogP) is 3.74. The Bertz CT molecular complexity index is 381. The van der Waals surface area contributed by atoms with E-state index < -0.39 is 0 Å². The average Bonchev–Trinajstić information content (AvgIpc) is 2.66. The van der Waals surface area contributed by atoms with Crippen LogP contribution >= 0.6 is 0 Å². The smallest absolute Gasteiger partial charge is 0.0405 e. The first-order valence-corrected chi connectivity index (χ1v) is 5.92. The first kappa shape index (κ1) is 11.0. The predicted molar refractivity (Wildman–Crippen MR) is 71.0 cm³/mol. The van der Waals surface area contributed by atoms with Gasteiger partial charge in [0.05, 0.1) is 0 Å². The van der Waals surface area contributed by atoms with Gasteiger partial charge in [0.2, 0.25) is 0 Å². The fourth-order valence-electron chi connectivity index (χ4n) is 2.48. The number of anilines is 1. The molecular formula is C15H19N. The van der Waals surface area contributed by atoms with Crippen LogP contribution in [-0.2, 0) is 0 Å². The largest absolute Gasteiger partial charge is 0.367 e. The molecule has 1 unspecified atom stereocenters. The van der Waals surface area contributed by atoms with Gasteiger partial charge < -0.3 is 4.90 Å². The fraction of sp³-hybridized carbons (Fsp3) is 0.333. The molecular weight excluding hydrogens is 194 g/mol. The van der Waals surface area contributed by atoms with Gasteiger partial charge in [-0.25, -0.2) is 0 Å². The lowest BCUT2D eigenvalue weighted by molar-refractivity contribution is 0.655. The minimum absolute atomic E-state index is 0.661. The normalized spacial score (nSPS) is 18.2. The zero-order chi connectivity index (χ0) is 11.4. The van der Waals surface area contributed by atoms with Crippen molar-refractivity contribution in [2.45, 2.75) is 18.8 Å². The van der Waals surface area contributed by atoms with Crippen molar-refractivity contribution in [2.75, 3.05) is 18.0 Å². The van der Waals surface area contributed by atoms with Gasteiger partial charge in [0, 0.05) is 24.7 Å². The molecule has 1 aromatic rings. The van der Waals surface area contributed by atoms with E-state index in [9.17, 15) is 0 Å². The van der Waals surface area contributed by atoms with E-state index in [1.807, 2.05) is 12.2 Å². The van der Waals surface area contributed by atoms with Gasteiger partial charge in [0.15, 0.2) is 0 Å². The van der Waals surface area contributed by atoms with E-state index in [0.29, 0.717) is 5.92 Å². The Balaban J connectivity index is 2.20. The molecule has 0 amide bonds. The van der Waals surface area contributed by atoms with Crippen LogP contribution in [0.3, 0.4) is 0 Å². The van der Waals surface area contributed by atoms with Crippen LogP contribution in [-0.4, -0.2) is 13.1 Å². The second-order valence-corrected chi connectivity index (χ2v) is 4.32. The van der Waals surface area contributed by atoms with E-state index in [2.05, 4.69) is 42.3 Å². The molecule has 16 heavy (non-hydrogen) atoms. The van der Waals surface area contributed by atoms with E-state index >= 15 is 0 Å². The van der Waals surface area contributed by atoms with Gasteiger partial charge in [0.25, 0.3) is 0 Å². The lowest BCUT2D eigenvalue weighted by Crippen LogP contribution is -2.21. The molecule has 2 rings (SSSR count). The molecule has 0 saturated carbocycles. The van der Waals surface area contributed by atoms with Crippen LogP contribution in [0.4, 0.5) is 5.69 Å². The molecule has 1 aliphatic rings. The van der Waals surface area contributed by atoms with Crippen LogP contribution in [0.2, 0.25) is 0 Å². The number of allylic oxidation sites excluding steroid dienone is 1. The maximum Gasteiger partial charge on any atom is 0.0405 e. The van der Waals surface area contributed by atoms with Crippen LogP contribution in [0.5, 0.6) is 0 Å². The minimum Gasteiger partial charge on any atom is -0.367 e. The zero-order valence-corrected chi connectivity index (χ0v) is 9.73. The van der Waals surface area contributed by atoms with Crippen LogP contribution in [0.15, 0.2) is 49.6 Å². The number of fused-ring (bicyclic) bond motifs is 1. The summed E-state index contributed by atoms with van der Waals surface area (Å²) in [6.45, 7) is 9.70. The van der Waals surface area contributed by atoms with E-state index in [0.717, 1.165) is 19.5 Å². The Morgan fingerprint density at radius 3 is 2.81 bits per heavy atom. The van der Waals surface area contributed by atoms with Crippen LogP contribution in [0.25, 0.3) is 0 Å². The first-order valence-electron chi connectivity index (χ1n) is 5.92. The van der Waals surface area contributed by atoms with Crippen molar-refractivity contribution in [3.8, 4) is 0 Å². The molecule has 84 valence electrons. The Morgan fingerprint density at radius 2 is 2.06 bits per heavy atom.